The lowest BCUT2D eigenvalue weighted by Crippen LogP contribution is -3.00. The quantitative estimate of drug-likeness (QED) is 0.235. The molecule has 0 unspecified atom stereocenters. The van der Waals surface area contributed by atoms with Crippen molar-refractivity contribution in [3.05, 3.63) is 0 Å². The molecule has 22 heavy (non-hydrogen) atoms. The van der Waals surface area contributed by atoms with E-state index < -0.39 is 7.67 Å². The van der Waals surface area contributed by atoms with Crippen molar-refractivity contribution in [3.8, 4) is 0 Å². The molecule has 0 aromatic rings. The largest absolute Gasteiger partial charge is 1.00 e. The highest BCUT2D eigenvalue weighted by atomic mass is 79.9. The average Bonchev–Trinajstić information content (AvgIpc) is 2.23. The van der Waals surface area contributed by atoms with E-state index in [9.17, 15) is 4.57 Å². The van der Waals surface area contributed by atoms with E-state index in [-0.39, 0.29) is 34.0 Å². The maximum absolute atomic E-state index is 12.7. The van der Waals surface area contributed by atoms with Crippen molar-refractivity contribution < 1.29 is 52.0 Å². The smallest absolute Gasteiger partial charge is 0.341 e. The third-order valence-corrected chi connectivity index (χ3v) is 4.51. The van der Waals surface area contributed by atoms with Gasteiger partial charge in [0.1, 0.15) is 0 Å². The summed E-state index contributed by atoms with van der Waals surface area (Å²) in [5.74, 6) is 0. The Balaban J connectivity index is -0.00000180. The molecule has 0 aromatic heterocycles. The Morgan fingerprint density at radius 2 is 1.23 bits per heavy atom. The van der Waals surface area contributed by atoms with Crippen molar-refractivity contribution in [2.45, 2.75) is 13.3 Å². The molecule has 0 fully saturated rings. The summed E-state index contributed by atoms with van der Waals surface area (Å²) in [4.78, 5) is 0. The Labute approximate surface area is 158 Å². The van der Waals surface area contributed by atoms with Gasteiger partial charge < -0.3 is 47.5 Å². The molecule has 9 heteroatoms. The lowest BCUT2D eigenvalue weighted by molar-refractivity contribution is -0.869. The van der Waals surface area contributed by atoms with Crippen LogP contribution < -0.4 is 44.1 Å². The number of hydrogen-bond donors (Lipinski definition) is 2. The highest BCUT2D eigenvalue weighted by Gasteiger charge is 2.23. The molecule has 138 valence electrons. The highest BCUT2D eigenvalue weighted by molar-refractivity contribution is 7.54. The third-order valence-electron chi connectivity index (χ3n) is 2.68. The monoisotopic (exact) mass is 468 g/mol. The van der Waals surface area contributed by atoms with Gasteiger partial charge in [0, 0.05) is 0 Å². The van der Waals surface area contributed by atoms with Crippen molar-refractivity contribution in [1.82, 2.24) is 10.2 Å². The number of halogens is 2. The lowest BCUT2D eigenvalue weighted by Gasteiger charge is -2.28. The van der Waals surface area contributed by atoms with Crippen molar-refractivity contribution in [3.63, 3.8) is 0 Å². The maximum atomic E-state index is 12.7. The van der Waals surface area contributed by atoms with Crippen LogP contribution in [0.2, 0.25) is 0 Å². The highest BCUT2D eigenvalue weighted by Crippen LogP contribution is 2.36. The van der Waals surface area contributed by atoms with Crippen LogP contribution in [-0.4, -0.2) is 84.0 Å². The summed E-state index contributed by atoms with van der Waals surface area (Å²) < 4.78 is 19.9. The molecule has 6 nitrogen and oxygen atoms in total. The molecule has 0 aliphatic carbocycles. The Hall–Kier alpha value is 0.990. The van der Waals surface area contributed by atoms with E-state index in [1.165, 1.54) is 0 Å². The molecule has 0 radical (unpaired) electrons. The average molecular weight is 470 g/mol. The lowest BCUT2D eigenvalue weighted by atomic mass is 10.5. The second-order valence-electron chi connectivity index (χ2n) is 7.23. The second kappa shape index (κ2) is 12.4. The molecule has 0 rings (SSSR count). The number of likely N-dealkylation sites (N-methyl/N-ethyl adjacent to an activating group) is 2. The van der Waals surface area contributed by atoms with E-state index in [0.29, 0.717) is 19.7 Å². The Morgan fingerprint density at radius 3 is 1.50 bits per heavy atom. The molecule has 0 amide bonds. The van der Waals surface area contributed by atoms with Crippen LogP contribution in [0.5, 0.6) is 0 Å². The normalized spacial score (nSPS) is 12.5. The molecule has 0 aromatic carbocycles. The molecule has 0 spiro atoms. The van der Waals surface area contributed by atoms with Crippen molar-refractivity contribution >= 4 is 7.67 Å². The van der Waals surface area contributed by atoms with Crippen LogP contribution in [0.1, 0.15) is 13.3 Å². The Kier molecular flexibility index (Phi) is 15.6. The van der Waals surface area contributed by atoms with Crippen LogP contribution in [-0.2, 0) is 9.09 Å². The fourth-order valence-corrected chi connectivity index (χ4v) is 2.96. The van der Waals surface area contributed by atoms with Crippen LogP contribution in [0.3, 0.4) is 0 Å². The molecule has 0 atom stereocenters. The van der Waals surface area contributed by atoms with Crippen LogP contribution in [0, 0.1) is 0 Å². The molecular formula is C13H35Br2N4O2P. The van der Waals surface area contributed by atoms with Crippen LogP contribution in [0.4, 0.5) is 0 Å². The summed E-state index contributed by atoms with van der Waals surface area (Å²) >= 11 is 0. The van der Waals surface area contributed by atoms with Crippen molar-refractivity contribution in [2.24, 2.45) is 0 Å². The maximum Gasteiger partial charge on any atom is 0.341 e. The van der Waals surface area contributed by atoms with Gasteiger partial charge in [-0.3, -0.25) is 4.57 Å². The van der Waals surface area contributed by atoms with Crippen molar-refractivity contribution in [2.75, 3.05) is 75.1 Å². The molecule has 0 saturated heterocycles. The first-order valence-electron chi connectivity index (χ1n) is 7.33. The minimum Gasteiger partial charge on any atom is -1.00 e. The van der Waals surface area contributed by atoms with Crippen molar-refractivity contribution in [1.29, 1.82) is 0 Å². The topological polar surface area (TPSA) is 50.4 Å². The summed E-state index contributed by atoms with van der Waals surface area (Å²) in [6.45, 7) is 5.66. The number of quaternary nitrogens is 2. The van der Waals surface area contributed by atoms with Gasteiger partial charge >= 0.3 is 7.67 Å². The van der Waals surface area contributed by atoms with Gasteiger partial charge in [-0.25, -0.2) is 10.2 Å². The van der Waals surface area contributed by atoms with Gasteiger partial charge in [-0.2, -0.15) is 0 Å². The number of nitrogens with one attached hydrogen (secondary N) is 2. The zero-order chi connectivity index (χ0) is 15.9. The zero-order valence-electron chi connectivity index (χ0n) is 15.2. The summed E-state index contributed by atoms with van der Waals surface area (Å²) in [7, 11) is 9.76. The predicted octanol–water partition coefficient (Wildman–Crippen LogP) is -4.88. The van der Waals surface area contributed by atoms with Gasteiger partial charge in [-0.15, -0.1) is 0 Å². The van der Waals surface area contributed by atoms with Crippen LogP contribution in [0.15, 0.2) is 0 Å². The summed E-state index contributed by atoms with van der Waals surface area (Å²) in [6, 6.07) is 0. The van der Waals surface area contributed by atoms with E-state index >= 15 is 0 Å². The van der Waals surface area contributed by atoms with E-state index in [2.05, 4.69) is 52.5 Å². The summed E-state index contributed by atoms with van der Waals surface area (Å²) in [5, 5.41) is 6.15. The third kappa shape index (κ3) is 17.3. The van der Waals surface area contributed by atoms with Crippen LogP contribution >= 0.6 is 7.67 Å². The van der Waals surface area contributed by atoms with Gasteiger partial charge in [0.2, 0.25) is 0 Å². The Morgan fingerprint density at radius 1 is 0.864 bits per heavy atom. The Bertz CT molecular complexity index is 296. The van der Waals surface area contributed by atoms with E-state index in [0.717, 1.165) is 28.5 Å². The van der Waals surface area contributed by atoms with E-state index in [1.54, 1.807) is 0 Å². The van der Waals surface area contributed by atoms with E-state index in [1.807, 2.05) is 6.92 Å². The summed E-state index contributed by atoms with van der Waals surface area (Å²) in [6.07, 6.45) is 0.859. The first-order chi connectivity index (χ1) is 8.97. The first-order valence-corrected chi connectivity index (χ1v) is 8.96. The minimum absolute atomic E-state index is 0. The number of nitrogens with zero attached hydrogens (tertiary/aromatic N) is 2. The molecule has 0 heterocycles. The van der Waals surface area contributed by atoms with Gasteiger partial charge in [-0.1, -0.05) is 6.92 Å². The van der Waals surface area contributed by atoms with Crippen LogP contribution in [0.25, 0.3) is 0 Å². The number of hydrogen-bond acceptors (Lipinski definition) is 2. The van der Waals surface area contributed by atoms with Gasteiger partial charge in [0.15, 0.2) is 0 Å². The number of rotatable bonds is 11. The van der Waals surface area contributed by atoms with E-state index in [4.69, 9.17) is 4.52 Å². The molecule has 2 N–H and O–H groups in total. The first kappa shape index (κ1) is 27.8. The van der Waals surface area contributed by atoms with Gasteiger partial charge in [0.25, 0.3) is 0 Å². The molecular weight excluding hydrogens is 435 g/mol. The van der Waals surface area contributed by atoms with Gasteiger partial charge in [-0.05, 0) is 6.42 Å². The zero-order valence-corrected chi connectivity index (χ0v) is 19.2. The second-order valence-corrected chi connectivity index (χ2v) is 9.22. The SMILES string of the molecule is CCCOP(=O)(NCC[N+](C)(C)C)NCC[N+](C)(C)C.[Br-].[Br-]. The minimum atomic E-state index is -2.93. The fourth-order valence-electron chi connectivity index (χ4n) is 1.43. The van der Waals surface area contributed by atoms with Gasteiger partial charge in [0.05, 0.1) is 75.1 Å². The molecule has 0 saturated carbocycles. The summed E-state index contributed by atoms with van der Waals surface area (Å²) in [5.41, 5.74) is 0. The standard InChI is InChI=1S/C13H35N4O2P.2BrH/c1-8-13-19-20(18,14-9-11-16(2,3)4)15-10-12-17(5,6)7;;/h8-13H2,1-7H3,(H2,14,15,18);2*1H/q+2;;/p-2. The molecule has 0 aliphatic heterocycles. The molecule has 0 bridgehead atoms. The predicted molar refractivity (Wildman–Crippen MR) is 85.7 cm³/mol. The fraction of sp³-hybridized carbons (Fsp3) is 1.00. The molecule has 0 aliphatic rings.